The van der Waals surface area contributed by atoms with E-state index in [4.69, 9.17) is 11.0 Å². The number of nitrogens with zero attached hydrogens (tertiary/aromatic N) is 5. The molecule has 0 spiro atoms. The molecule has 36 heavy (non-hydrogen) atoms. The summed E-state index contributed by atoms with van der Waals surface area (Å²) in [4.78, 5) is 35.0. The summed E-state index contributed by atoms with van der Waals surface area (Å²) in [5.41, 5.74) is 10.9. The van der Waals surface area contributed by atoms with Gasteiger partial charge < -0.3 is 16.0 Å². The number of pyridine rings is 1. The van der Waals surface area contributed by atoms with Gasteiger partial charge in [0, 0.05) is 37.0 Å². The van der Waals surface area contributed by atoms with E-state index in [-0.39, 0.29) is 17.7 Å². The number of amides is 2. The number of rotatable bonds is 5. The molecule has 1 saturated heterocycles. The van der Waals surface area contributed by atoms with Gasteiger partial charge in [0.05, 0.1) is 22.8 Å². The number of benzene rings is 1. The van der Waals surface area contributed by atoms with E-state index in [0.717, 1.165) is 28.8 Å². The summed E-state index contributed by atoms with van der Waals surface area (Å²) in [7, 11) is 0. The highest BCUT2D eigenvalue weighted by Crippen LogP contribution is 2.36. The van der Waals surface area contributed by atoms with Gasteiger partial charge in [0.1, 0.15) is 5.82 Å². The van der Waals surface area contributed by atoms with Crippen LogP contribution in [0.4, 0.5) is 11.8 Å². The molecule has 1 aliphatic heterocycles. The van der Waals surface area contributed by atoms with Gasteiger partial charge in [-0.3, -0.25) is 14.0 Å². The smallest absolute Gasteiger partial charge is 0.256 e. The number of hydrogen-bond donors (Lipinski definition) is 2. The van der Waals surface area contributed by atoms with Crippen LogP contribution in [0, 0.1) is 11.3 Å². The van der Waals surface area contributed by atoms with Crippen LogP contribution in [0.1, 0.15) is 33.8 Å². The lowest BCUT2D eigenvalue weighted by Crippen LogP contribution is -2.26. The largest absolute Gasteiger partial charge is 0.369 e. The van der Waals surface area contributed by atoms with E-state index in [0.29, 0.717) is 36.0 Å². The first-order chi connectivity index (χ1) is 17.5. The quantitative estimate of drug-likeness (QED) is 0.423. The third-order valence-corrected chi connectivity index (χ3v) is 6.43. The molecule has 0 radical (unpaired) electrons. The van der Waals surface area contributed by atoms with Crippen LogP contribution in [-0.4, -0.2) is 44.2 Å². The fourth-order valence-corrected chi connectivity index (χ4v) is 4.64. The summed E-state index contributed by atoms with van der Waals surface area (Å²) in [6.45, 7) is 4.89. The maximum atomic E-state index is 12.7. The topological polar surface area (TPSA) is 129 Å². The lowest BCUT2D eigenvalue weighted by Gasteiger charge is -2.14. The number of likely N-dealkylation sites (tertiary alicyclic amines) is 1. The fourth-order valence-electron chi connectivity index (χ4n) is 4.64. The number of nitrogens with one attached hydrogen (secondary N) is 1. The Bertz CT molecular complexity index is 1530. The van der Waals surface area contributed by atoms with E-state index < -0.39 is 0 Å². The average molecular weight is 478 g/mol. The number of carbonyl (C=O) groups is 2. The van der Waals surface area contributed by atoms with Crippen LogP contribution >= 0.6 is 0 Å². The molecule has 1 aliphatic rings. The number of carbonyl (C=O) groups excluding carboxylic acids is 2. The van der Waals surface area contributed by atoms with Crippen molar-refractivity contribution in [3.05, 3.63) is 90.3 Å². The number of fused-ring (bicyclic) bond motifs is 1. The van der Waals surface area contributed by atoms with Gasteiger partial charge >= 0.3 is 0 Å². The van der Waals surface area contributed by atoms with Crippen LogP contribution in [0.3, 0.4) is 0 Å². The Labute approximate surface area is 207 Å². The number of nitrogens with two attached hydrogens (primary N) is 1. The zero-order valence-corrected chi connectivity index (χ0v) is 19.4. The summed E-state index contributed by atoms with van der Waals surface area (Å²) in [6, 6.07) is 16.3. The van der Waals surface area contributed by atoms with Crippen LogP contribution < -0.4 is 11.1 Å². The second-order valence-corrected chi connectivity index (χ2v) is 8.56. The van der Waals surface area contributed by atoms with Gasteiger partial charge in [-0.15, -0.1) is 0 Å². The summed E-state index contributed by atoms with van der Waals surface area (Å²) in [5, 5.41) is 11.8. The van der Waals surface area contributed by atoms with Crippen molar-refractivity contribution >= 4 is 29.1 Å². The Hall–Kier alpha value is -4.97. The molecule has 2 amide bonds. The van der Waals surface area contributed by atoms with Crippen molar-refractivity contribution in [2.75, 3.05) is 24.1 Å². The molecule has 0 saturated carbocycles. The minimum atomic E-state index is -0.330. The second kappa shape index (κ2) is 9.35. The SMILES string of the molecule is C=CC(=O)N1CCC(c2cc(-c3ccc(C(=O)Nc4cc(C#N)ccn4)cc3)n3c(N)nccc23)C1. The van der Waals surface area contributed by atoms with Crippen LogP contribution in [0.2, 0.25) is 0 Å². The highest BCUT2D eigenvalue weighted by molar-refractivity contribution is 6.04. The van der Waals surface area contributed by atoms with Crippen LogP contribution in [-0.2, 0) is 4.79 Å². The second-order valence-electron chi connectivity index (χ2n) is 8.56. The Morgan fingerprint density at radius 1 is 1.14 bits per heavy atom. The van der Waals surface area contributed by atoms with E-state index in [1.54, 1.807) is 29.3 Å². The number of hydrogen-bond acceptors (Lipinski definition) is 6. The maximum Gasteiger partial charge on any atom is 0.256 e. The lowest BCUT2D eigenvalue weighted by molar-refractivity contribution is -0.125. The Balaban J connectivity index is 1.44. The first-order valence-corrected chi connectivity index (χ1v) is 11.4. The van der Waals surface area contributed by atoms with Crippen molar-refractivity contribution in [3.63, 3.8) is 0 Å². The standard InChI is InChI=1S/C27H23N7O2/c1-2-25(35)33-12-9-20(16-33)21-14-23(34-22(21)8-11-31-27(34)29)18-3-5-19(6-4-18)26(36)32-24-13-17(15-28)7-10-30-24/h2-8,10-11,13-14,20H,1,9,12,16H2,(H2,29,31)(H,30,32,36). The molecule has 1 fully saturated rings. The maximum absolute atomic E-state index is 12.7. The third kappa shape index (κ3) is 4.16. The summed E-state index contributed by atoms with van der Waals surface area (Å²) >= 11 is 0. The van der Waals surface area contributed by atoms with E-state index in [1.165, 1.54) is 18.3 Å². The van der Waals surface area contributed by atoms with Crippen molar-refractivity contribution in [1.29, 1.82) is 5.26 Å². The molecule has 1 atom stereocenters. The molecule has 3 aromatic heterocycles. The van der Waals surface area contributed by atoms with Crippen molar-refractivity contribution in [2.24, 2.45) is 0 Å². The number of aromatic nitrogens is 3. The van der Waals surface area contributed by atoms with Gasteiger partial charge in [0.2, 0.25) is 11.9 Å². The van der Waals surface area contributed by atoms with Crippen LogP contribution in [0.15, 0.2) is 73.6 Å². The molecule has 1 aromatic carbocycles. The zero-order valence-electron chi connectivity index (χ0n) is 19.4. The first kappa shape index (κ1) is 22.8. The Kier molecular flexibility index (Phi) is 5.92. The summed E-state index contributed by atoms with van der Waals surface area (Å²) in [5.74, 6) is 0.441. The molecule has 4 heterocycles. The molecule has 9 nitrogen and oxygen atoms in total. The zero-order chi connectivity index (χ0) is 25.2. The van der Waals surface area contributed by atoms with Gasteiger partial charge in [0.15, 0.2) is 0 Å². The molecule has 1 unspecified atom stereocenters. The van der Waals surface area contributed by atoms with E-state index in [2.05, 4.69) is 27.9 Å². The molecule has 0 bridgehead atoms. The third-order valence-electron chi connectivity index (χ3n) is 6.43. The van der Waals surface area contributed by atoms with Gasteiger partial charge in [-0.1, -0.05) is 18.7 Å². The lowest BCUT2D eigenvalue weighted by atomic mass is 9.98. The van der Waals surface area contributed by atoms with E-state index in [9.17, 15) is 9.59 Å². The number of nitriles is 1. The van der Waals surface area contributed by atoms with Gasteiger partial charge in [0.25, 0.3) is 5.91 Å². The monoisotopic (exact) mass is 477 g/mol. The minimum absolute atomic E-state index is 0.0640. The first-order valence-electron chi connectivity index (χ1n) is 11.4. The van der Waals surface area contributed by atoms with Gasteiger partial charge in [-0.2, -0.15) is 5.26 Å². The number of nitrogen functional groups attached to an aromatic ring is 1. The van der Waals surface area contributed by atoms with Gasteiger partial charge in [-0.25, -0.2) is 9.97 Å². The minimum Gasteiger partial charge on any atom is -0.369 e. The highest BCUT2D eigenvalue weighted by Gasteiger charge is 2.29. The molecule has 178 valence electrons. The summed E-state index contributed by atoms with van der Waals surface area (Å²) < 4.78 is 1.90. The molecular formula is C27H23N7O2. The van der Waals surface area contributed by atoms with E-state index >= 15 is 0 Å². The molecule has 4 aromatic rings. The van der Waals surface area contributed by atoms with Crippen molar-refractivity contribution in [2.45, 2.75) is 12.3 Å². The fraction of sp³-hybridized carbons (Fsp3) is 0.148. The molecular weight excluding hydrogens is 454 g/mol. The number of anilines is 2. The average Bonchev–Trinajstić information content (AvgIpc) is 3.54. The Morgan fingerprint density at radius 3 is 2.67 bits per heavy atom. The van der Waals surface area contributed by atoms with Crippen LogP contribution in [0.5, 0.6) is 0 Å². The van der Waals surface area contributed by atoms with Crippen molar-refractivity contribution in [1.82, 2.24) is 19.3 Å². The predicted octanol–water partition coefficient (Wildman–Crippen LogP) is 3.60. The van der Waals surface area contributed by atoms with Crippen LogP contribution in [0.25, 0.3) is 16.8 Å². The van der Waals surface area contributed by atoms with Crippen molar-refractivity contribution < 1.29 is 9.59 Å². The molecule has 0 aliphatic carbocycles. The summed E-state index contributed by atoms with van der Waals surface area (Å²) in [6.07, 6.45) is 5.35. The molecule has 5 rings (SSSR count). The van der Waals surface area contributed by atoms with Gasteiger partial charge in [-0.05, 0) is 60.0 Å². The Morgan fingerprint density at radius 2 is 1.92 bits per heavy atom. The molecule has 3 N–H and O–H groups in total. The predicted molar refractivity (Wildman–Crippen MR) is 136 cm³/mol. The van der Waals surface area contributed by atoms with Crippen molar-refractivity contribution in [3.8, 4) is 17.3 Å². The normalized spacial score (nSPS) is 15.0. The molecule has 9 heteroatoms. The van der Waals surface area contributed by atoms with E-state index in [1.807, 2.05) is 28.7 Å². The highest BCUT2D eigenvalue weighted by atomic mass is 16.2.